The molecule has 2 rings (SSSR count). The topological polar surface area (TPSA) is 98.6 Å². The van der Waals surface area contributed by atoms with Gasteiger partial charge in [-0.3, -0.25) is 10.1 Å². The second kappa shape index (κ2) is 5.36. The Morgan fingerprint density at radius 1 is 1.26 bits per heavy atom. The van der Waals surface area contributed by atoms with Gasteiger partial charge in [-0.2, -0.15) is 0 Å². The maximum atomic E-state index is 10.6. The standard InChI is InChI=1S/C13H12N2O4/c14-12-7-10(15(17)18)4-5-13(12)19-11-3-1-2-9(6-11)8-16/h1-7,16H,8,14H2. The van der Waals surface area contributed by atoms with Crippen LogP contribution in [0.5, 0.6) is 11.5 Å². The lowest BCUT2D eigenvalue weighted by atomic mass is 10.2. The molecule has 0 saturated heterocycles. The highest BCUT2D eigenvalue weighted by Gasteiger charge is 2.10. The number of non-ortho nitro benzene ring substituents is 1. The highest BCUT2D eigenvalue weighted by molar-refractivity contribution is 5.59. The SMILES string of the molecule is Nc1cc([N+](=O)[O-])ccc1Oc1cccc(CO)c1. The Morgan fingerprint density at radius 3 is 2.68 bits per heavy atom. The molecule has 0 fully saturated rings. The van der Waals surface area contributed by atoms with E-state index in [2.05, 4.69) is 0 Å². The highest BCUT2D eigenvalue weighted by atomic mass is 16.6. The summed E-state index contributed by atoms with van der Waals surface area (Å²) >= 11 is 0. The van der Waals surface area contributed by atoms with Crippen LogP contribution in [0.25, 0.3) is 0 Å². The molecule has 98 valence electrons. The summed E-state index contributed by atoms with van der Waals surface area (Å²) in [6.07, 6.45) is 0. The molecule has 0 aliphatic heterocycles. The van der Waals surface area contributed by atoms with Crippen molar-refractivity contribution in [2.45, 2.75) is 6.61 Å². The first-order chi connectivity index (χ1) is 9.10. The molecule has 6 heteroatoms. The van der Waals surface area contributed by atoms with Crippen molar-refractivity contribution >= 4 is 11.4 Å². The van der Waals surface area contributed by atoms with Crippen LogP contribution >= 0.6 is 0 Å². The zero-order valence-corrected chi connectivity index (χ0v) is 9.95. The van der Waals surface area contributed by atoms with Crippen molar-refractivity contribution in [1.82, 2.24) is 0 Å². The molecular formula is C13H12N2O4. The summed E-state index contributed by atoms with van der Waals surface area (Å²) in [5, 5.41) is 19.6. The molecule has 0 heterocycles. The lowest BCUT2D eigenvalue weighted by Gasteiger charge is -2.09. The van der Waals surface area contributed by atoms with Gasteiger partial charge in [0.1, 0.15) is 5.75 Å². The molecule has 0 aliphatic rings. The molecular weight excluding hydrogens is 248 g/mol. The van der Waals surface area contributed by atoms with Gasteiger partial charge in [0.05, 0.1) is 17.2 Å². The average molecular weight is 260 g/mol. The molecule has 0 radical (unpaired) electrons. The monoisotopic (exact) mass is 260 g/mol. The van der Waals surface area contributed by atoms with Crippen molar-refractivity contribution in [3.63, 3.8) is 0 Å². The minimum absolute atomic E-state index is 0.0889. The van der Waals surface area contributed by atoms with Crippen molar-refractivity contribution < 1.29 is 14.8 Å². The summed E-state index contributed by atoms with van der Waals surface area (Å²) < 4.78 is 5.53. The summed E-state index contributed by atoms with van der Waals surface area (Å²) in [6.45, 7) is -0.0903. The van der Waals surface area contributed by atoms with Gasteiger partial charge in [-0.15, -0.1) is 0 Å². The van der Waals surface area contributed by atoms with Crippen molar-refractivity contribution in [2.75, 3.05) is 5.73 Å². The molecule has 0 amide bonds. The van der Waals surface area contributed by atoms with Crippen LogP contribution in [0.3, 0.4) is 0 Å². The summed E-state index contributed by atoms with van der Waals surface area (Å²) in [6, 6.07) is 10.9. The smallest absolute Gasteiger partial charge is 0.271 e. The van der Waals surface area contributed by atoms with Crippen LogP contribution < -0.4 is 10.5 Å². The van der Waals surface area contributed by atoms with E-state index in [9.17, 15) is 10.1 Å². The van der Waals surface area contributed by atoms with E-state index >= 15 is 0 Å². The van der Waals surface area contributed by atoms with Crippen LogP contribution in [0, 0.1) is 10.1 Å². The molecule has 0 aliphatic carbocycles. The van der Waals surface area contributed by atoms with Gasteiger partial charge in [0, 0.05) is 12.1 Å². The van der Waals surface area contributed by atoms with Gasteiger partial charge in [-0.1, -0.05) is 12.1 Å². The molecule has 0 aromatic heterocycles. The molecule has 2 aromatic carbocycles. The molecule has 3 N–H and O–H groups in total. The van der Waals surface area contributed by atoms with Gasteiger partial charge >= 0.3 is 0 Å². The molecule has 2 aromatic rings. The number of rotatable bonds is 4. The van der Waals surface area contributed by atoms with Crippen LogP contribution in [-0.2, 0) is 6.61 Å². The Bertz CT molecular complexity index is 613. The van der Waals surface area contributed by atoms with Gasteiger partial charge in [-0.05, 0) is 23.8 Å². The fraction of sp³-hybridized carbons (Fsp3) is 0.0769. The third kappa shape index (κ3) is 2.99. The van der Waals surface area contributed by atoms with E-state index in [-0.39, 0.29) is 18.0 Å². The van der Waals surface area contributed by atoms with E-state index in [1.54, 1.807) is 24.3 Å². The number of nitrogens with two attached hydrogens (primary N) is 1. The van der Waals surface area contributed by atoms with E-state index in [1.165, 1.54) is 18.2 Å². The van der Waals surface area contributed by atoms with Crippen LogP contribution in [0.4, 0.5) is 11.4 Å². The Kier molecular flexibility index (Phi) is 3.63. The van der Waals surface area contributed by atoms with Gasteiger partial charge in [0.25, 0.3) is 5.69 Å². The molecule has 6 nitrogen and oxygen atoms in total. The minimum Gasteiger partial charge on any atom is -0.455 e. The largest absolute Gasteiger partial charge is 0.455 e. The van der Waals surface area contributed by atoms with Gasteiger partial charge in [0.2, 0.25) is 0 Å². The van der Waals surface area contributed by atoms with E-state index in [0.29, 0.717) is 17.1 Å². The maximum Gasteiger partial charge on any atom is 0.271 e. The first-order valence-corrected chi connectivity index (χ1v) is 5.51. The zero-order valence-electron chi connectivity index (χ0n) is 9.95. The fourth-order valence-electron chi connectivity index (χ4n) is 1.58. The predicted molar refractivity (Wildman–Crippen MR) is 69.9 cm³/mol. The first-order valence-electron chi connectivity index (χ1n) is 5.51. The van der Waals surface area contributed by atoms with Crippen molar-refractivity contribution in [2.24, 2.45) is 0 Å². The minimum atomic E-state index is -0.521. The zero-order chi connectivity index (χ0) is 13.8. The number of hydrogen-bond donors (Lipinski definition) is 2. The molecule has 0 saturated carbocycles. The van der Waals surface area contributed by atoms with E-state index in [0.717, 1.165) is 0 Å². The Morgan fingerprint density at radius 2 is 2.05 bits per heavy atom. The number of benzene rings is 2. The van der Waals surface area contributed by atoms with Crippen LogP contribution in [-0.4, -0.2) is 10.0 Å². The highest BCUT2D eigenvalue weighted by Crippen LogP contribution is 2.30. The predicted octanol–water partition coefficient (Wildman–Crippen LogP) is 2.46. The Labute approximate surface area is 109 Å². The van der Waals surface area contributed by atoms with Gasteiger partial charge in [-0.25, -0.2) is 0 Å². The van der Waals surface area contributed by atoms with Gasteiger partial charge < -0.3 is 15.6 Å². The average Bonchev–Trinajstić information content (AvgIpc) is 2.41. The number of nitro benzene ring substituents is 1. The molecule has 0 unspecified atom stereocenters. The van der Waals surface area contributed by atoms with Crippen molar-refractivity contribution in [3.8, 4) is 11.5 Å². The number of aliphatic hydroxyl groups is 1. The second-order valence-electron chi connectivity index (χ2n) is 3.89. The third-order valence-corrected chi connectivity index (χ3v) is 2.51. The fourth-order valence-corrected chi connectivity index (χ4v) is 1.58. The number of hydrogen-bond acceptors (Lipinski definition) is 5. The molecule has 0 spiro atoms. The van der Waals surface area contributed by atoms with Crippen LogP contribution in [0.15, 0.2) is 42.5 Å². The van der Waals surface area contributed by atoms with Crippen molar-refractivity contribution in [1.29, 1.82) is 0 Å². The number of nitrogens with zero attached hydrogens (tertiary/aromatic N) is 1. The lowest BCUT2D eigenvalue weighted by molar-refractivity contribution is -0.384. The molecule has 19 heavy (non-hydrogen) atoms. The summed E-state index contributed by atoms with van der Waals surface area (Å²) in [5.74, 6) is 0.841. The summed E-state index contributed by atoms with van der Waals surface area (Å²) in [5.41, 5.74) is 6.50. The molecule has 0 atom stereocenters. The summed E-state index contributed by atoms with van der Waals surface area (Å²) in [7, 11) is 0. The van der Waals surface area contributed by atoms with E-state index < -0.39 is 4.92 Å². The molecule has 0 bridgehead atoms. The number of nitrogen functional groups attached to an aromatic ring is 1. The Balaban J connectivity index is 2.25. The summed E-state index contributed by atoms with van der Waals surface area (Å²) in [4.78, 5) is 10.1. The Hall–Kier alpha value is -2.60. The number of aliphatic hydroxyl groups excluding tert-OH is 1. The third-order valence-electron chi connectivity index (χ3n) is 2.51. The van der Waals surface area contributed by atoms with Crippen molar-refractivity contribution in [3.05, 3.63) is 58.1 Å². The number of ether oxygens (including phenoxy) is 1. The van der Waals surface area contributed by atoms with Crippen LogP contribution in [0.1, 0.15) is 5.56 Å². The maximum absolute atomic E-state index is 10.6. The van der Waals surface area contributed by atoms with Crippen LogP contribution in [0.2, 0.25) is 0 Å². The number of anilines is 1. The van der Waals surface area contributed by atoms with Gasteiger partial charge in [0.15, 0.2) is 5.75 Å². The second-order valence-corrected chi connectivity index (χ2v) is 3.89. The number of nitro groups is 1. The van der Waals surface area contributed by atoms with E-state index in [1.807, 2.05) is 0 Å². The normalized spacial score (nSPS) is 10.2. The first kappa shape index (κ1) is 12.8. The quantitative estimate of drug-likeness (QED) is 0.499. The lowest BCUT2D eigenvalue weighted by Crippen LogP contribution is -1.95. The van der Waals surface area contributed by atoms with E-state index in [4.69, 9.17) is 15.6 Å².